The van der Waals surface area contributed by atoms with Crippen LogP contribution in [0.3, 0.4) is 0 Å². The molecule has 1 aromatic carbocycles. The largest absolute Gasteiger partial charge is 0.381 e. The van der Waals surface area contributed by atoms with Crippen LogP contribution in [0.1, 0.15) is 56.0 Å². The van der Waals surface area contributed by atoms with Crippen LogP contribution in [0.25, 0.3) is 5.69 Å². The van der Waals surface area contributed by atoms with Crippen molar-refractivity contribution in [1.29, 1.82) is 0 Å². The topological polar surface area (TPSA) is 69.0 Å². The summed E-state index contributed by atoms with van der Waals surface area (Å²) in [6, 6.07) is 6.10. The molecule has 1 N–H and O–H groups in total. The molecule has 0 aliphatic carbocycles. The highest BCUT2D eigenvalue weighted by molar-refractivity contribution is 5.91. The van der Waals surface area contributed by atoms with E-state index in [4.69, 9.17) is 4.74 Å². The molecule has 1 aliphatic heterocycles. The Morgan fingerprint density at radius 3 is 2.72 bits per heavy atom. The average Bonchev–Trinajstić information content (AvgIpc) is 3.01. The molecule has 0 atom stereocenters. The Morgan fingerprint density at radius 2 is 2.08 bits per heavy atom. The molecule has 0 bridgehead atoms. The number of hydrogen-bond donors (Lipinski definition) is 1. The van der Waals surface area contributed by atoms with Crippen molar-refractivity contribution in [3.63, 3.8) is 0 Å². The van der Waals surface area contributed by atoms with E-state index in [9.17, 15) is 9.18 Å². The van der Waals surface area contributed by atoms with Crippen LogP contribution in [0.4, 0.5) is 4.39 Å². The van der Waals surface area contributed by atoms with Crippen LogP contribution < -0.4 is 5.32 Å². The summed E-state index contributed by atoms with van der Waals surface area (Å²) in [5.74, 6) is 0.0782. The lowest BCUT2D eigenvalue weighted by atomic mass is 9.92. The van der Waals surface area contributed by atoms with E-state index < -0.39 is 0 Å². The van der Waals surface area contributed by atoms with Gasteiger partial charge in [-0.05, 0) is 38.0 Å². The Labute approximate surface area is 146 Å². The van der Waals surface area contributed by atoms with Gasteiger partial charge >= 0.3 is 0 Å². The van der Waals surface area contributed by atoms with Crippen LogP contribution in [0, 0.1) is 5.82 Å². The van der Waals surface area contributed by atoms with Gasteiger partial charge in [0.05, 0.1) is 5.69 Å². The number of benzene rings is 1. The molecule has 6 nitrogen and oxygen atoms in total. The van der Waals surface area contributed by atoms with Gasteiger partial charge in [0.2, 0.25) is 5.82 Å². The molecule has 0 unspecified atom stereocenters. The third-order valence-corrected chi connectivity index (χ3v) is 4.42. The van der Waals surface area contributed by atoms with Gasteiger partial charge in [0.1, 0.15) is 11.6 Å². The second-order valence-electron chi connectivity index (χ2n) is 6.97. The molecule has 1 aliphatic rings. The first kappa shape index (κ1) is 17.5. The lowest BCUT2D eigenvalue weighted by Gasteiger charge is -2.33. The van der Waals surface area contributed by atoms with Crippen molar-refractivity contribution in [2.45, 2.75) is 45.1 Å². The van der Waals surface area contributed by atoms with Crippen LogP contribution in [-0.2, 0) is 4.74 Å². The summed E-state index contributed by atoms with van der Waals surface area (Å²) < 4.78 is 20.4. The number of hydrogen-bond acceptors (Lipinski definition) is 4. The fourth-order valence-corrected chi connectivity index (χ4v) is 2.87. The summed E-state index contributed by atoms with van der Waals surface area (Å²) in [4.78, 5) is 17.0. The van der Waals surface area contributed by atoms with Gasteiger partial charge in [0, 0.05) is 24.7 Å². The summed E-state index contributed by atoms with van der Waals surface area (Å²) >= 11 is 0. The molecular weight excluding hydrogens is 323 g/mol. The van der Waals surface area contributed by atoms with Crippen LogP contribution in [-0.4, -0.2) is 39.4 Å². The van der Waals surface area contributed by atoms with E-state index in [0.29, 0.717) is 24.7 Å². The number of amides is 1. The second kappa shape index (κ2) is 6.92. The van der Waals surface area contributed by atoms with E-state index in [0.717, 1.165) is 12.8 Å². The van der Waals surface area contributed by atoms with E-state index in [1.54, 1.807) is 12.1 Å². The van der Waals surface area contributed by atoms with Crippen molar-refractivity contribution in [2.75, 3.05) is 13.2 Å². The fraction of sp³-hybridized carbons (Fsp3) is 0.500. The summed E-state index contributed by atoms with van der Waals surface area (Å²) in [7, 11) is 0. The van der Waals surface area contributed by atoms with Crippen molar-refractivity contribution in [2.24, 2.45) is 0 Å². The minimum atomic E-state index is -0.358. The number of ether oxygens (including phenoxy) is 1. The van der Waals surface area contributed by atoms with Gasteiger partial charge in [0.25, 0.3) is 5.91 Å². The Kier molecular flexibility index (Phi) is 4.85. The first-order chi connectivity index (χ1) is 11.9. The Bertz CT molecular complexity index is 766. The molecule has 0 saturated carbocycles. The first-order valence-electron chi connectivity index (χ1n) is 8.51. The molecule has 1 saturated heterocycles. The lowest BCUT2D eigenvalue weighted by molar-refractivity contribution is 0.0419. The Hall–Kier alpha value is -2.28. The predicted octanol–water partition coefficient (Wildman–Crippen LogP) is 2.83. The minimum absolute atomic E-state index is 0.0379. The number of rotatable bonds is 4. The highest BCUT2D eigenvalue weighted by Crippen LogP contribution is 2.21. The normalized spacial score (nSPS) is 16.8. The zero-order valence-electron chi connectivity index (χ0n) is 14.8. The van der Waals surface area contributed by atoms with Gasteiger partial charge in [-0.3, -0.25) is 4.79 Å². The maximum absolute atomic E-state index is 13.6. The second-order valence-corrected chi connectivity index (χ2v) is 6.97. The standard InChI is InChI=1S/C18H23FN4O2/c1-12(2)16-20-15(17(24)21-18(3)7-9-25-10-8-18)22-23(16)14-6-4-5-13(19)11-14/h4-6,11-12H,7-10H2,1-3H3,(H,21,24). The molecule has 0 radical (unpaired) electrons. The van der Waals surface area contributed by atoms with E-state index in [1.807, 2.05) is 20.8 Å². The minimum Gasteiger partial charge on any atom is -0.381 e. The third-order valence-electron chi connectivity index (χ3n) is 4.42. The van der Waals surface area contributed by atoms with E-state index in [-0.39, 0.29) is 29.0 Å². The molecule has 1 aromatic heterocycles. The van der Waals surface area contributed by atoms with Gasteiger partial charge in [0.15, 0.2) is 0 Å². The number of aromatic nitrogens is 3. The van der Waals surface area contributed by atoms with Crippen molar-refractivity contribution in [3.8, 4) is 5.69 Å². The number of nitrogens with one attached hydrogen (secondary N) is 1. The van der Waals surface area contributed by atoms with Gasteiger partial charge in [-0.15, -0.1) is 5.10 Å². The van der Waals surface area contributed by atoms with Crippen LogP contribution in [0.2, 0.25) is 0 Å². The van der Waals surface area contributed by atoms with Crippen molar-refractivity contribution in [1.82, 2.24) is 20.1 Å². The van der Waals surface area contributed by atoms with Crippen molar-refractivity contribution in [3.05, 3.63) is 41.7 Å². The highest BCUT2D eigenvalue weighted by atomic mass is 19.1. The Morgan fingerprint density at radius 1 is 1.36 bits per heavy atom. The average molecular weight is 346 g/mol. The molecule has 2 aromatic rings. The van der Waals surface area contributed by atoms with Gasteiger partial charge < -0.3 is 10.1 Å². The predicted molar refractivity (Wildman–Crippen MR) is 91.3 cm³/mol. The van der Waals surface area contributed by atoms with Gasteiger partial charge in [-0.1, -0.05) is 19.9 Å². The van der Waals surface area contributed by atoms with E-state index >= 15 is 0 Å². The summed E-state index contributed by atoms with van der Waals surface area (Å²) in [5.41, 5.74) is 0.227. The summed E-state index contributed by atoms with van der Waals surface area (Å²) in [6.07, 6.45) is 1.50. The fourth-order valence-electron chi connectivity index (χ4n) is 2.87. The lowest BCUT2D eigenvalue weighted by Crippen LogP contribution is -2.49. The van der Waals surface area contributed by atoms with E-state index in [1.165, 1.54) is 16.8 Å². The molecule has 1 amide bonds. The maximum atomic E-state index is 13.6. The summed E-state index contributed by atoms with van der Waals surface area (Å²) in [6.45, 7) is 7.17. The Balaban J connectivity index is 1.89. The summed E-state index contributed by atoms with van der Waals surface area (Å²) in [5, 5.41) is 7.36. The molecular formula is C18H23FN4O2. The molecule has 3 rings (SSSR count). The maximum Gasteiger partial charge on any atom is 0.291 e. The monoisotopic (exact) mass is 346 g/mol. The molecule has 2 heterocycles. The number of halogens is 1. The molecule has 134 valence electrons. The zero-order chi connectivity index (χ0) is 18.0. The first-order valence-corrected chi connectivity index (χ1v) is 8.51. The smallest absolute Gasteiger partial charge is 0.291 e. The molecule has 0 spiro atoms. The SMILES string of the molecule is CC(C)c1nc(C(=O)NC2(C)CCOCC2)nn1-c1cccc(F)c1. The van der Waals surface area contributed by atoms with Gasteiger partial charge in [-0.25, -0.2) is 14.1 Å². The van der Waals surface area contributed by atoms with Crippen LogP contribution in [0.15, 0.2) is 24.3 Å². The van der Waals surface area contributed by atoms with Crippen LogP contribution >= 0.6 is 0 Å². The number of carbonyl (C=O) groups excluding carboxylic acids is 1. The zero-order valence-corrected chi connectivity index (χ0v) is 14.8. The quantitative estimate of drug-likeness (QED) is 0.924. The van der Waals surface area contributed by atoms with Crippen LogP contribution in [0.5, 0.6) is 0 Å². The van der Waals surface area contributed by atoms with E-state index in [2.05, 4.69) is 15.4 Å². The van der Waals surface area contributed by atoms with Crippen molar-refractivity contribution < 1.29 is 13.9 Å². The molecule has 7 heteroatoms. The third kappa shape index (κ3) is 3.87. The van der Waals surface area contributed by atoms with Crippen molar-refractivity contribution >= 4 is 5.91 Å². The molecule has 1 fully saturated rings. The van der Waals surface area contributed by atoms with Gasteiger partial charge in [-0.2, -0.15) is 0 Å². The number of nitrogens with zero attached hydrogens (tertiary/aromatic N) is 3. The number of carbonyl (C=O) groups is 1. The highest BCUT2D eigenvalue weighted by Gasteiger charge is 2.31. The molecule has 25 heavy (non-hydrogen) atoms.